The molecule has 2 heteroatoms. The van der Waals surface area contributed by atoms with Crippen LogP contribution in [-0.4, -0.2) is 9.97 Å². The van der Waals surface area contributed by atoms with Crippen molar-refractivity contribution in [2.45, 2.75) is 16.3 Å². The molecule has 1 saturated carbocycles. The maximum atomic E-state index is 5.36. The van der Waals surface area contributed by atoms with Crippen LogP contribution in [0, 0.1) is 0 Å². The van der Waals surface area contributed by atoms with Gasteiger partial charge in [0.2, 0.25) is 0 Å². The minimum absolute atomic E-state index is 0.539. The molecule has 0 aromatic heterocycles. The second-order valence-electron chi connectivity index (χ2n) is 1.86. The molecule has 6 heavy (non-hydrogen) atoms. The Morgan fingerprint density at radius 2 is 2.17 bits per heavy atom. The van der Waals surface area contributed by atoms with Crippen molar-refractivity contribution in [3.63, 3.8) is 0 Å². The van der Waals surface area contributed by atoms with E-state index in [1.807, 2.05) is 0 Å². The van der Waals surface area contributed by atoms with E-state index in [0.29, 0.717) is 3.42 Å². The summed E-state index contributed by atoms with van der Waals surface area (Å²) >= 11 is 2.43. The molecule has 0 spiro atoms. The predicted molar refractivity (Wildman–Crippen MR) is 35.0 cm³/mol. The number of hydrogen-bond donors (Lipinski definition) is 1. The maximum Gasteiger partial charge on any atom is 0.0345 e. The number of nitrogens with two attached hydrogens (primary N) is 1. The normalized spacial score (nSPS) is 27.0. The van der Waals surface area contributed by atoms with Crippen LogP contribution >= 0.6 is 22.6 Å². The van der Waals surface area contributed by atoms with Crippen molar-refractivity contribution in [3.05, 3.63) is 0 Å². The highest BCUT2D eigenvalue weighted by atomic mass is 127. The van der Waals surface area contributed by atoms with Gasteiger partial charge in [0.1, 0.15) is 0 Å². The molecule has 0 aromatic carbocycles. The predicted octanol–water partition coefficient (Wildman–Crippen LogP) is 0.913. The molecule has 1 rings (SSSR count). The van der Waals surface area contributed by atoms with Crippen molar-refractivity contribution < 1.29 is 0 Å². The van der Waals surface area contributed by atoms with Crippen molar-refractivity contribution in [2.24, 2.45) is 5.73 Å². The maximum absolute atomic E-state index is 5.36. The number of hydrogen-bond acceptors (Lipinski definition) is 1. The van der Waals surface area contributed by atoms with Crippen molar-refractivity contribution >= 4 is 22.6 Å². The monoisotopic (exact) mass is 197 g/mol. The quantitative estimate of drug-likeness (QED) is 0.490. The van der Waals surface area contributed by atoms with E-state index in [9.17, 15) is 0 Å². The van der Waals surface area contributed by atoms with Crippen LogP contribution in [0.1, 0.15) is 12.8 Å². The lowest BCUT2D eigenvalue weighted by molar-refractivity contribution is 0.936. The lowest BCUT2D eigenvalue weighted by atomic mass is 10.4. The Hall–Kier alpha value is 0.690. The number of rotatable bonds is 1. The van der Waals surface area contributed by atoms with Crippen LogP contribution in [0.25, 0.3) is 0 Å². The van der Waals surface area contributed by atoms with Gasteiger partial charge in [0.15, 0.2) is 0 Å². The largest absolute Gasteiger partial charge is 0.329 e. The lowest BCUT2D eigenvalue weighted by Gasteiger charge is -1.94. The summed E-state index contributed by atoms with van der Waals surface area (Å²) in [4.78, 5) is 0. The van der Waals surface area contributed by atoms with Crippen molar-refractivity contribution in [1.29, 1.82) is 0 Å². The van der Waals surface area contributed by atoms with Crippen molar-refractivity contribution in [2.75, 3.05) is 6.54 Å². The fourth-order valence-corrected chi connectivity index (χ4v) is 0.609. The summed E-state index contributed by atoms with van der Waals surface area (Å²) in [5.74, 6) is 0. The molecule has 0 heterocycles. The lowest BCUT2D eigenvalue weighted by Crippen LogP contribution is -2.13. The molecular formula is C4H8IN. The van der Waals surface area contributed by atoms with Crippen LogP contribution in [0.2, 0.25) is 0 Å². The summed E-state index contributed by atoms with van der Waals surface area (Å²) in [5, 5.41) is 0. The Labute approximate surface area is 51.4 Å². The van der Waals surface area contributed by atoms with E-state index in [1.54, 1.807) is 0 Å². The summed E-state index contributed by atoms with van der Waals surface area (Å²) < 4.78 is 0.539. The van der Waals surface area contributed by atoms with Gasteiger partial charge in [0.05, 0.1) is 0 Å². The summed E-state index contributed by atoms with van der Waals surface area (Å²) in [6.07, 6.45) is 2.67. The average Bonchev–Trinajstić information content (AvgIpc) is 2.22. The van der Waals surface area contributed by atoms with Gasteiger partial charge in [-0.1, -0.05) is 22.6 Å². The van der Waals surface area contributed by atoms with Crippen molar-refractivity contribution in [1.82, 2.24) is 0 Å². The highest BCUT2D eigenvalue weighted by molar-refractivity contribution is 14.1. The van der Waals surface area contributed by atoms with Crippen LogP contribution in [0.3, 0.4) is 0 Å². The smallest absolute Gasteiger partial charge is 0.0345 e. The van der Waals surface area contributed by atoms with Crippen LogP contribution in [0.15, 0.2) is 0 Å². The van der Waals surface area contributed by atoms with Gasteiger partial charge >= 0.3 is 0 Å². The molecule has 0 saturated heterocycles. The summed E-state index contributed by atoms with van der Waals surface area (Å²) in [5.41, 5.74) is 5.36. The fraction of sp³-hybridized carbons (Fsp3) is 1.00. The Morgan fingerprint density at radius 1 is 1.67 bits per heavy atom. The molecule has 0 atom stereocenters. The van der Waals surface area contributed by atoms with E-state index >= 15 is 0 Å². The van der Waals surface area contributed by atoms with E-state index in [4.69, 9.17) is 5.73 Å². The second-order valence-corrected chi connectivity index (χ2v) is 4.14. The first-order chi connectivity index (χ1) is 2.77. The van der Waals surface area contributed by atoms with E-state index < -0.39 is 0 Å². The zero-order valence-electron chi connectivity index (χ0n) is 3.58. The van der Waals surface area contributed by atoms with Gasteiger partial charge in [0.25, 0.3) is 0 Å². The summed E-state index contributed by atoms with van der Waals surface area (Å²) in [6, 6.07) is 0. The molecule has 0 amide bonds. The highest BCUT2D eigenvalue weighted by Gasteiger charge is 2.37. The van der Waals surface area contributed by atoms with Crippen molar-refractivity contribution in [3.8, 4) is 0 Å². The third kappa shape index (κ3) is 0.846. The van der Waals surface area contributed by atoms with Gasteiger partial charge in [-0.05, 0) is 12.8 Å². The zero-order valence-corrected chi connectivity index (χ0v) is 5.73. The van der Waals surface area contributed by atoms with Gasteiger partial charge in [-0.3, -0.25) is 0 Å². The molecule has 0 unspecified atom stereocenters. The van der Waals surface area contributed by atoms with Crippen LogP contribution < -0.4 is 5.73 Å². The van der Waals surface area contributed by atoms with Crippen LogP contribution in [0.4, 0.5) is 0 Å². The molecule has 1 aliphatic rings. The molecule has 1 fully saturated rings. The molecule has 0 radical (unpaired) electrons. The SMILES string of the molecule is NCC1(I)CC1. The molecular weight excluding hydrogens is 189 g/mol. The molecule has 1 aliphatic carbocycles. The Kier molecular flexibility index (Phi) is 1.08. The van der Waals surface area contributed by atoms with Gasteiger partial charge in [-0.2, -0.15) is 0 Å². The van der Waals surface area contributed by atoms with E-state index in [-0.39, 0.29) is 0 Å². The van der Waals surface area contributed by atoms with Crippen LogP contribution in [0.5, 0.6) is 0 Å². The van der Waals surface area contributed by atoms with E-state index in [2.05, 4.69) is 22.6 Å². The summed E-state index contributed by atoms with van der Waals surface area (Å²) in [6.45, 7) is 0.869. The topological polar surface area (TPSA) is 26.0 Å². The Morgan fingerprint density at radius 3 is 2.17 bits per heavy atom. The summed E-state index contributed by atoms with van der Waals surface area (Å²) in [7, 11) is 0. The standard InChI is InChI=1S/C4H8IN/c5-4(3-6)1-2-4/h1-3,6H2. The third-order valence-corrected chi connectivity index (χ3v) is 2.68. The minimum atomic E-state index is 0.539. The molecule has 36 valence electrons. The molecule has 0 aliphatic heterocycles. The van der Waals surface area contributed by atoms with Crippen LogP contribution in [-0.2, 0) is 0 Å². The second kappa shape index (κ2) is 1.33. The van der Waals surface area contributed by atoms with E-state index in [1.165, 1.54) is 12.8 Å². The molecule has 1 nitrogen and oxygen atoms in total. The van der Waals surface area contributed by atoms with Gasteiger partial charge in [-0.15, -0.1) is 0 Å². The first-order valence-corrected chi connectivity index (χ1v) is 3.24. The van der Waals surface area contributed by atoms with E-state index in [0.717, 1.165) is 6.54 Å². The highest BCUT2D eigenvalue weighted by Crippen LogP contribution is 2.43. The molecule has 0 bridgehead atoms. The molecule has 2 N–H and O–H groups in total. The fourth-order valence-electron chi connectivity index (χ4n) is 0.340. The minimum Gasteiger partial charge on any atom is -0.329 e. The number of alkyl halides is 1. The Balaban J connectivity index is 2.28. The first kappa shape index (κ1) is 4.84. The third-order valence-electron chi connectivity index (χ3n) is 1.16. The average molecular weight is 197 g/mol. The molecule has 0 aromatic rings. The van der Waals surface area contributed by atoms with Gasteiger partial charge < -0.3 is 5.73 Å². The zero-order chi connectivity index (χ0) is 4.62. The Bertz CT molecular complexity index is 58.6. The first-order valence-electron chi connectivity index (χ1n) is 2.16. The van der Waals surface area contributed by atoms with Gasteiger partial charge in [0, 0.05) is 9.97 Å². The van der Waals surface area contributed by atoms with Gasteiger partial charge in [-0.25, -0.2) is 0 Å². The number of halogens is 1.